The maximum absolute atomic E-state index is 12.6. The molecule has 0 saturated heterocycles. The first kappa shape index (κ1) is 20.5. The minimum Gasteiger partial charge on any atom is -0.490 e. The van der Waals surface area contributed by atoms with E-state index in [1.54, 1.807) is 12.1 Å². The van der Waals surface area contributed by atoms with Gasteiger partial charge in [-0.25, -0.2) is 13.1 Å². The van der Waals surface area contributed by atoms with Crippen LogP contribution in [0.5, 0.6) is 11.5 Å². The van der Waals surface area contributed by atoms with E-state index in [0.29, 0.717) is 31.3 Å². The third-order valence-electron chi connectivity index (χ3n) is 4.71. The van der Waals surface area contributed by atoms with Gasteiger partial charge in [0.15, 0.2) is 11.5 Å². The van der Waals surface area contributed by atoms with Gasteiger partial charge in [-0.05, 0) is 50.5 Å². The van der Waals surface area contributed by atoms with Crippen LogP contribution < -0.4 is 19.1 Å². The fraction of sp³-hybridized carbons (Fsp3) is 0.429. The predicted octanol–water partition coefficient (Wildman–Crippen LogP) is 3.22. The van der Waals surface area contributed by atoms with Gasteiger partial charge in [-0.1, -0.05) is 18.2 Å². The van der Waals surface area contributed by atoms with E-state index in [1.165, 1.54) is 17.3 Å². The maximum atomic E-state index is 12.6. The van der Waals surface area contributed by atoms with Gasteiger partial charge >= 0.3 is 0 Å². The number of fused-ring (bicyclic) bond motifs is 1. The summed E-state index contributed by atoms with van der Waals surface area (Å²) in [5, 5.41) is 0. The van der Waals surface area contributed by atoms with Crippen molar-refractivity contribution < 1.29 is 17.9 Å². The van der Waals surface area contributed by atoms with Gasteiger partial charge in [0.1, 0.15) is 0 Å². The number of benzene rings is 2. The van der Waals surface area contributed by atoms with E-state index < -0.39 is 10.0 Å². The second kappa shape index (κ2) is 9.30. The average molecular weight is 405 g/mol. The molecule has 1 N–H and O–H groups in total. The first-order chi connectivity index (χ1) is 13.5. The lowest BCUT2D eigenvalue weighted by atomic mass is 10.2. The third kappa shape index (κ3) is 4.77. The molecule has 6 nitrogen and oxygen atoms in total. The number of nitrogens with zero attached hydrogens (tertiary/aromatic N) is 1. The Labute approximate surface area is 167 Å². The lowest BCUT2D eigenvalue weighted by Crippen LogP contribution is -2.29. The lowest BCUT2D eigenvalue weighted by Gasteiger charge is -2.19. The van der Waals surface area contributed by atoms with Crippen molar-refractivity contribution in [3.05, 3.63) is 48.0 Å². The molecule has 7 heteroatoms. The van der Waals surface area contributed by atoms with Crippen LogP contribution >= 0.6 is 0 Å². The van der Waals surface area contributed by atoms with Gasteiger partial charge in [0.2, 0.25) is 10.0 Å². The van der Waals surface area contributed by atoms with Crippen molar-refractivity contribution in [2.75, 3.05) is 37.7 Å². The fourth-order valence-electron chi connectivity index (χ4n) is 3.40. The number of hydrogen-bond donors (Lipinski definition) is 1. The SMILES string of the molecule is CCOc1ccc(S(=O)(=O)NCCCN2CCc3ccccc32)cc1OCC. The predicted molar refractivity (Wildman–Crippen MR) is 111 cm³/mol. The minimum atomic E-state index is -3.59. The van der Waals surface area contributed by atoms with Crippen LogP contribution in [-0.4, -0.2) is 41.3 Å². The molecule has 0 amide bonds. The zero-order chi connectivity index (χ0) is 20.0. The second-order valence-electron chi connectivity index (χ2n) is 6.59. The van der Waals surface area contributed by atoms with Gasteiger partial charge in [0.05, 0.1) is 18.1 Å². The van der Waals surface area contributed by atoms with Crippen molar-refractivity contribution >= 4 is 15.7 Å². The molecule has 0 aromatic heterocycles. The zero-order valence-corrected chi connectivity index (χ0v) is 17.3. The van der Waals surface area contributed by atoms with E-state index in [9.17, 15) is 8.42 Å². The summed E-state index contributed by atoms with van der Waals surface area (Å²) in [4.78, 5) is 2.50. The van der Waals surface area contributed by atoms with Crippen LogP contribution in [0.25, 0.3) is 0 Å². The quantitative estimate of drug-likeness (QED) is 0.616. The highest BCUT2D eigenvalue weighted by Gasteiger charge is 2.19. The minimum absolute atomic E-state index is 0.186. The van der Waals surface area contributed by atoms with Gasteiger partial charge in [-0.15, -0.1) is 0 Å². The molecule has 0 aliphatic carbocycles. The van der Waals surface area contributed by atoms with E-state index in [-0.39, 0.29) is 4.90 Å². The molecule has 0 atom stereocenters. The van der Waals surface area contributed by atoms with Crippen LogP contribution in [0.1, 0.15) is 25.8 Å². The van der Waals surface area contributed by atoms with Gasteiger partial charge in [-0.3, -0.25) is 0 Å². The van der Waals surface area contributed by atoms with Crippen LogP contribution in [0.3, 0.4) is 0 Å². The highest BCUT2D eigenvalue weighted by Crippen LogP contribution is 2.30. The van der Waals surface area contributed by atoms with E-state index in [4.69, 9.17) is 9.47 Å². The summed E-state index contributed by atoms with van der Waals surface area (Å²) in [7, 11) is -3.59. The normalized spacial score (nSPS) is 13.4. The Morgan fingerprint density at radius 2 is 1.79 bits per heavy atom. The van der Waals surface area contributed by atoms with E-state index >= 15 is 0 Å². The van der Waals surface area contributed by atoms with E-state index in [1.807, 2.05) is 19.9 Å². The molecule has 1 aliphatic rings. The summed E-state index contributed by atoms with van der Waals surface area (Å²) in [6.07, 6.45) is 1.79. The Hall–Kier alpha value is -2.25. The highest BCUT2D eigenvalue weighted by molar-refractivity contribution is 7.89. The average Bonchev–Trinajstić information content (AvgIpc) is 3.10. The van der Waals surface area contributed by atoms with Crippen LogP contribution in [-0.2, 0) is 16.4 Å². The molecule has 2 aromatic rings. The molecule has 152 valence electrons. The molecule has 0 saturated carbocycles. The lowest BCUT2D eigenvalue weighted by molar-refractivity contribution is 0.287. The fourth-order valence-corrected chi connectivity index (χ4v) is 4.49. The number of ether oxygens (including phenoxy) is 2. The number of hydrogen-bond acceptors (Lipinski definition) is 5. The summed E-state index contributed by atoms with van der Waals surface area (Å²) in [5.41, 5.74) is 2.62. The molecule has 0 bridgehead atoms. The molecule has 0 spiro atoms. The van der Waals surface area contributed by atoms with Crippen LogP contribution in [0.15, 0.2) is 47.4 Å². The van der Waals surface area contributed by atoms with Crippen molar-refractivity contribution in [3.63, 3.8) is 0 Å². The Morgan fingerprint density at radius 3 is 2.57 bits per heavy atom. The topological polar surface area (TPSA) is 67.9 Å². The Morgan fingerprint density at radius 1 is 1.04 bits per heavy atom. The Kier molecular flexibility index (Phi) is 6.80. The molecule has 0 radical (unpaired) electrons. The molecule has 28 heavy (non-hydrogen) atoms. The Bertz CT molecular complexity index is 899. The number of sulfonamides is 1. The molecule has 1 aliphatic heterocycles. The highest BCUT2D eigenvalue weighted by atomic mass is 32.2. The number of para-hydroxylation sites is 1. The number of nitrogens with one attached hydrogen (secondary N) is 1. The van der Waals surface area contributed by atoms with Gasteiger partial charge in [-0.2, -0.15) is 0 Å². The monoisotopic (exact) mass is 404 g/mol. The number of anilines is 1. The standard InChI is InChI=1S/C21H28N2O4S/c1-3-26-20-11-10-18(16-21(20)27-4-2)28(24,25)22-13-7-14-23-15-12-17-8-5-6-9-19(17)23/h5-6,8-11,16,22H,3-4,7,12-15H2,1-2H3. The molecular weight excluding hydrogens is 376 g/mol. The zero-order valence-electron chi connectivity index (χ0n) is 16.5. The Balaban J connectivity index is 1.57. The van der Waals surface area contributed by atoms with E-state index in [0.717, 1.165) is 25.9 Å². The van der Waals surface area contributed by atoms with Gasteiger partial charge in [0.25, 0.3) is 0 Å². The first-order valence-corrected chi connectivity index (χ1v) is 11.3. The molecule has 2 aromatic carbocycles. The summed E-state index contributed by atoms with van der Waals surface area (Å²) in [6, 6.07) is 13.1. The number of rotatable bonds is 10. The third-order valence-corrected chi connectivity index (χ3v) is 6.16. The van der Waals surface area contributed by atoms with Crippen molar-refractivity contribution in [3.8, 4) is 11.5 Å². The molecule has 0 fully saturated rings. The molecule has 0 unspecified atom stereocenters. The largest absolute Gasteiger partial charge is 0.490 e. The van der Waals surface area contributed by atoms with E-state index in [2.05, 4.69) is 27.8 Å². The maximum Gasteiger partial charge on any atom is 0.240 e. The molecule has 1 heterocycles. The molecule has 3 rings (SSSR count). The van der Waals surface area contributed by atoms with Crippen molar-refractivity contribution in [2.45, 2.75) is 31.6 Å². The second-order valence-corrected chi connectivity index (χ2v) is 8.36. The van der Waals surface area contributed by atoms with Crippen molar-refractivity contribution in [1.29, 1.82) is 0 Å². The van der Waals surface area contributed by atoms with Crippen molar-refractivity contribution in [2.24, 2.45) is 0 Å². The van der Waals surface area contributed by atoms with Crippen LogP contribution in [0, 0.1) is 0 Å². The van der Waals surface area contributed by atoms with Crippen LogP contribution in [0.4, 0.5) is 5.69 Å². The first-order valence-electron chi connectivity index (χ1n) is 9.77. The van der Waals surface area contributed by atoms with Gasteiger partial charge < -0.3 is 14.4 Å². The summed E-state index contributed by atoms with van der Waals surface area (Å²) in [6.45, 7) is 6.86. The van der Waals surface area contributed by atoms with Crippen LogP contribution in [0.2, 0.25) is 0 Å². The molecular formula is C21H28N2O4S. The summed E-state index contributed by atoms with van der Waals surface area (Å²) in [5.74, 6) is 0.997. The van der Waals surface area contributed by atoms with Crippen molar-refractivity contribution in [1.82, 2.24) is 4.72 Å². The summed E-state index contributed by atoms with van der Waals surface area (Å²) < 4.78 is 39.0. The van der Waals surface area contributed by atoms with Gasteiger partial charge in [0, 0.05) is 31.4 Å². The smallest absolute Gasteiger partial charge is 0.240 e. The summed E-state index contributed by atoms with van der Waals surface area (Å²) >= 11 is 0.